The molecule has 0 saturated carbocycles. The highest BCUT2D eigenvalue weighted by Gasteiger charge is 2.00. The number of nitrogens with one attached hydrogen (secondary N) is 1. The van der Waals surface area contributed by atoms with Gasteiger partial charge in [0, 0.05) is 13.0 Å². The lowest BCUT2D eigenvalue weighted by Gasteiger charge is -2.09. The minimum absolute atomic E-state index is 0.218. The number of benzene rings is 1. The third-order valence-corrected chi connectivity index (χ3v) is 3.67. The zero-order valence-corrected chi connectivity index (χ0v) is 14.4. The van der Waals surface area contributed by atoms with Gasteiger partial charge in [0.15, 0.2) is 0 Å². The van der Waals surface area contributed by atoms with E-state index in [4.69, 9.17) is 14.6 Å². The minimum Gasteiger partial charge on any atom is -0.497 e. The topological polar surface area (TPSA) is 80.7 Å². The smallest absolute Gasteiger partial charge is 0.303 e. The first-order chi connectivity index (χ1) is 12.2. The van der Waals surface area contributed by atoms with E-state index in [0.717, 1.165) is 30.0 Å². The first-order valence-corrected chi connectivity index (χ1v) is 8.35. The second-order valence-corrected chi connectivity index (χ2v) is 5.63. The summed E-state index contributed by atoms with van der Waals surface area (Å²) in [5.41, 5.74) is 1.14. The van der Waals surface area contributed by atoms with Crippen LogP contribution < -0.4 is 14.8 Å². The third-order valence-electron chi connectivity index (χ3n) is 3.67. The van der Waals surface area contributed by atoms with Gasteiger partial charge in [-0.3, -0.25) is 4.79 Å². The molecular weight excluding hydrogens is 320 g/mol. The van der Waals surface area contributed by atoms with Gasteiger partial charge >= 0.3 is 5.97 Å². The monoisotopic (exact) mass is 344 g/mol. The van der Waals surface area contributed by atoms with Crippen molar-refractivity contribution < 1.29 is 19.4 Å². The van der Waals surface area contributed by atoms with Crippen molar-refractivity contribution in [2.45, 2.75) is 32.2 Å². The highest BCUT2D eigenvalue weighted by atomic mass is 16.5. The highest BCUT2D eigenvalue weighted by molar-refractivity contribution is 5.66. The molecule has 6 heteroatoms. The van der Waals surface area contributed by atoms with Crippen LogP contribution in [0, 0.1) is 0 Å². The molecule has 1 aromatic carbocycles. The van der Waals surface area contributed by atoms with Crippen molar-refractivity contribution in [2.75, 3.05) is 19.0 Å². The van der Waals surface area contributed by atoms with E-state index in [1.807, 2.05) is 36.4 Å². The summed E-state index contributed by atoms with van der Waals surface area (Å²) in [6.45, 7) is 1.25. The number of hydrogen-bond donors (Lipinski definition) is 2. The van der Waals surface area contributed by atoms with Crippen molar-refractivity contribution in [3.63, 3.8) is 0 Å². The fourth-order valence-corrected chi connectivity index (χ4v) is 2.25. The van der Waals surface area contributed by atoms with Gasteiger partial charge in [-0.25, -0.2) is 4.98 Å². The Morgan fingerprint density at radius 1 is 1.08 bits per heavy atom. The summed E-state index contributed by atoms with van der Waals surface area (Å²) in [7, 11) is 1.65. The predicted octanol–water partition coefficient (Wildman–Crippen LogP) is 3.73. The molecule has 0 amide bonds. The Bertz CT molecular complexity index is 641. The van der Waals surface area contributed by atoms with Crippen LogP contribution in [-0.2, 0) is 11.3 Å². The van der Waals surface area contributed by atoms with Crippen molar-refractivity contribution >= 4 is 11.8 Å². The molecule has 0 radical (unpaired) electrons. The van der Waals surface area contributed by atoms with Gasteiger partial charge in [-0.05, 0) is 49.1 Å². The van der Waals surface area contributed by atoms with E-state index in [-0.39, 0.29) is 6.42 Å². The number of anilines is 1. The van der Waals surface area contributed by atoms with Crippen LogP contribution >= 0.6 is 0 Å². The van der Waals surface area contributed by atoms with Crippen molar-refractivity contribution in [3.05, 3.63) is 48.2 Å². The molecule has 0 unspecified atom stereocenters. The molecule has 2 N–H and O–H groups in total. The molecule has 2 aromatic rings. The first kappa shape index (κ1) is 18.6. The number of pyridine rings is 1. The molecule has 0 aliphatic rings. The minimum atomic E-state index is -0.747. The maximum Gasteiger partial charge on any atom is 0.303 e. The number of ether oxygens (including phenoxy) is 2. The normalized spacial score (nSPS) is 10.3. The number of methoxy groups -OCH3 is 1. The van der Waals surface area contributed by atoms with E-state index in [2.05, 4.69) is 10.3 Å². The van der Waals surface area contributed by atoms with Crippen molar-refractivity contribution in [1.29, 1.82) is 0 Å². The predicted molar refractivity (Wildman–Crippen MR) is 96.2 cm³/mol. The maximum absolute atomic E-state index is 10.4. The van der Waals surface area contributed by atoms with Crippen LogP contribution in [0.4, 0.5) is 5.82 Å². The lowest BCUT2D eigenvalue weighted by atomic mass is 10.2. The molecule has 134 valence electrons. The average Bonchev–Trinajstić information content (AvgIpc) is 2.64. The molecule has 2 rings (SSSR count). The fraction of sp³-hybridized carbons (Fsp3) is 0.368. The van der Waals surface area contributed by atoms with Crippen LogP contribution in [0.5, 0.6) is 11.5 Å². The molecule has 0 aliphatic heterocycles. The molecule has 6 nitrogen and oxygen atoms in total. The lowest BCUT2D eigenvalue weighted by Crippen LogP contribution is -2.02. The van der Waals surface area contributed by atoms with Gasteiger partial charge in [-0.15, -0.1) is 0 Å². The molecule has 0 aliphatic carbocycles. The van der Waals surface area contributed by atoms with Crippen LogP contribution in [-0.4, -0.2) is 29.8 Å². The summed E-state index contributed by atoms with van der Waals surface area (Å²) in [6.07, 6.45) is 4.28. The van der Waals surface area contributed by atoms with E-state index in [9.17, 15) is 4.79 Å². The Morgan fingerprint density at radius 2 is 1.84 bits per heavy atom. The molecule has 0 spiro atoms. The van der Waals surface area contributed by atoms with E-state index in [1.165, 1.54) is 0 Å². The Hall–Kier alpha value is -2.76. The quantitative estimate of drug-likeness (QED) is 0.605. The van der Waals surface area contributed by atoms with Crippen molar-refractivity contribution in [3.8, 4) is 11.5 Å². The molecule has 25 heavy (non-hydrogen) atoms. The van der Waals surface area contributed by atoms with Crippen LogP contribution in [0.25, 0.3) is 0 Å². The summed E-state index contributed by atoms with van der Waals surface area (Å²) in [5, 5.41) is 11.8. The Kier molecular flexibility index (Phi) is 7.56. The second kappa shape index (κ2) is 10.2. The number of aromatic nitrogens is 1. The molecule has 1 heterocycles. The maximum atomic E-state index is 10.4. The Labute approximate surface area is 147 Å². The van der Waals surface area contributed by atoms with Gasteiger partial charge in [0.25, 0.3) is 0 Å². The van der Waals surface area contributed by atoms with E-state index in [1.54, 1.807) is 13.3 Å². The summed E-state index contributed by atoms with van der Waals surface area (Å²) in [5.74, 6) is 1.59. The molecule has 1 aromatic heterocycles. The molecular formula is C19H24N2O4. The van der Waals surface area contributed by atoms with Crippen LogP contribution in [0.2, 0.25) is 0 Å². The van der Waals surface area contributed by atoms with Gasteiger partial charge in [-0.1, -0.05) is 12.1 Å². The zero-order valence-electron chi connectivity index (χ0n) is 14.4. The van der Waals surface area contributed by atoms with E-state index >= 15 is 0 Å². The summed E-state index contributed by atoms with van der Waals surface area (Å²) >= 11 is 0. The summed E-state index contributed by atoms with van der Waals surface area (Å²) < 4.78 is 10.7. The third kappa shape index (κ3) is 7.12. The number of carbonyl (C=O) groups is 1. The van der Waals surface area contributed by atoms with Gasteiger partial charge in [-0.2, -0.15) is 0 Å². The van der Waals surface area contributed by atoms with Gasteiger partial charge < -0.3 is 19.9 Å². The largest absolute Gasteiger partial charge is 0.497 e. The van der Waals surface area contributed by atoms with Crippen LogP contribution in [0.1, 0.15) is 31.2 Å². The fourth-order valence-electron chi connectivity index (χ4n) is 2.25. The lowest BCUT2D eigenvalue weighted by molar-refractivity contribution is -0.137. The van der Waals surface area contributed by atoms with E-state index in [0.29, 0.717) is 25.3 Å². The van der Waals surface area contributed by atoms with Gasteiger partial charge in [0.05, 0.1) is 19.9 Å². The summed E-state index contributed by atoms with van der Waals surface area (Å²) in [4.78, 5) is 14.7. The number of unbranched alkanes of at least 4 members (excludes halogenated alkanes) is 2. The number of carboxylic acid groups (broad SMARTS) is 1. The number of aliphatic carboxylic acids is 1. The molecule has 0 bridgehead atoms. The summed E-state index contributed by atoms with van der Waals surface area (Å²) in [6, 6.07) is 11.6. The highest BCUT2D eigenvalue weighted by Crippen LogP contribution is 2.15. The van der Waals surface area contributed by atoms with Crippen molar-refractivity contribution in [2.24, 2.45) is 0 Å². The van der Waals surface area contributed by atoms with Crippen molar-refractivity contribution in [1.82, 2.24) is 4.98 Å². The number of carboxylic acids is 1. The standard InChI is InChI=1S/C19H24N2O4/c1-24-16-8-6-15(7-9-16)13-20-18-11-10-17(14-21-18)25-12-4-2-3-5-19(22)23/h6-11,14H,2-5,12-13H2,1H3,(H,20,21)(H,22,23). The average molecular weight is 344 g/mol. The first-order valence-electron chi connectivity index (χ1n) is 8.35. The van der Waals surface area contributed by atoms with Crippen LogP contribution in [0.15, 0.2) is 42.6 Å². The number of hydrogen-bond acceptors (Lipinski definition) is 5. The SMILES string of the molecule is COc1ccc(CNc2ccc(OCCCCCC(=O)O)cn2)cc1. The van der Waals surface area contributed by atoms with Crippen LogP contribution in [0.3, 0.4) is 0 Å². The number of nitrogens with zero attached hydrogens (tertiary/aromatic N) is 1. The molecule has 0 fully saturated rings. The zero-order chi connectivity index (χ0) is 17.9. The van der Waals surface area contributed by atoms with Gasteiger partial charge in [0.2, 0.25) is 0 Å². The number of rotatable bonds is 11. The second-order valence-electron chi connectivity index (χ2n) is 5.63. The molecule has 0 atom stereocenters. The Balaban J connectivity index is 1.67. The van der Waals surface area contributed by atoms with Gasteiger partial charge in [0.1, 0.15) is 17.3 Å². The molecule has 0 saturated heterocycles. The Morgan fingerprint density at radius 3 is 2.48 bits per heavy atom. The van der Waals surface area contributed by atoms with E-state index < -0.39 is 5.97 Å².